The van der Waals surface area contributed by atoms with Crippen molar-refractivity contribution in [2.75, 3.05) is 19.8 Å². The standard InChI is InChI=1S/C5H5F2Ge.3C3H8O.Zr/c6-8(7)5-3-1-2-4-5;3*1-2-3-4;/h1,3,8H,2H2;3*4H,2-3H2,1H3;/q-1;;;;. The van der Waals surface area contributed by atoms with Crippen LogP contribution < -0.4 is 0 Å². The van der Waals surface area contributed by atoms with Gasteiger partial charge in [-0.15, -0.1) is 0 Å². The summed E-state index contributed by atoms with van der Waals surface area (Å²) in [7, 11) is 0. The average molecular weight is 447 g/mol. The van der Waals surface area contributed by atoms with Gasteiger partial charge < -0.3 is 15.3 Å². The van der Waals surface area contributed by atoms with Gasteiger partial charge in [0.25, 0.3) is 0 Å². The first-order valence-electron chi connectivity index (χ1n) is 6.93. The normalized spacial score (nSPS) is 11.0. The maximum atomic E-state index is 11.8. The van der Waals surface area contributed by atoms with Gasteiger partial charge in [0.05, 0.1) is 0 Å². The smallest absolute Gasteiger partial charge is 0 e. The largest absolute Gasteiger partial charge is 0 e. The molecular weight excluding hydrogens is 418 g/mol. The van der Waals surface area contributed by atoms with E-state index in [9.17, 15) is 7.00 Å². The van der Waals surface area contributed by atoms with Gasteiger partial charge >= 0.3 is 51.3 Å². The van der Waals surface area contributed by atoms with Crippen LogP contribution in [0.2, 0.25) is 0 Å². The third-order valence-corrected chi connectivity index (χ3v) is 3.45. The van der Waals surface area contributed by atoms with Gasteiger partial charge in [-0.25, -0.2) is 0 Å². The second kappa shape index (κ2) is 28.8. The molecule has 0 aromatic heterocycles. The Kier molecular flexibility index (Phi) is 40.6. The van der Waals surface area contributed by atoms with E-state index < -0.39 is 15.3 Å². The summed E-state index contributed by atoms with van der Waals surface area (Å²) < 4.78 is 23.8. The van der Waals surface area contributed by atoms with Crippen molar-refractivity contribution in [2.45, 2.75) is 46.5 Å². The van der Waals surface area contributed by atoms with Crippen LogP contribution in [0, 0.1) is 6.08 Å². The van der Waals surface area contributed by atoms with E-state index in [1.54, 1.807) is 6.08 Å². The summed E-state index contributed by atoms with van der Waals surface area (Å²) in [6, 6.07) is 0. The van der Waals surface area contributed by atoms with Crippen molar-refractivity contribution in [3.63, 3.8) is 0 Å². The van der Waals surface area contributed by atoms with Gasteiger partial charge in [-0.05, 0) is 19.3 Å². The summed E-state index contributed by atoms with van der Waals surface area (Å²) in [5, 5.41) is 23.6. The van der Waals surface area contributed by atoms with Crippen molar-refractivity contribution in [3.8, 4) is 0 Å². The Bertz CT molecular complexity index is 213. The van der Waals surface area contributed by atoms with Crippen LogP contribution in [0.4, 0.5) is 7.00 Å². The quantitative estimate of drug-likeness (QED) is 0.459. The van der Waals surface area contributed by atoms with Gasteiger partial charge in [0.2, 0.25) is 0 Å². The number of hydrogen-bond donors (Lipinski definition) is 3. The van der Waals surface area contributed by atoms with Gasteiger partial charge in [-0.1, -0.05) is 20.8 Å². The molecule has 0 spiro atoms. The second-order valence-electron chi connectivity index (χ2n) is 3.71. The van der Waals surface area contributed by atoms with E-state index in [1.165, 1.54) is 6.08 Å². The molecule has 0 amide bonds. The van der Waals surface area contributed by atoms with Crippen molar-refractivity contribution in [2.24, 2.45) is 0 Å². The first kappa shape index (κ1) is 29.6. The third-order valence-electron chi connectivity index (χ3n) is 1.63. The Morgan fingerprint density at radius 1 is 1.00 bits per heavy atom. The van der Waals surface area contributed by atoms with E-state index in [0.29, 0.717) is 26.2 Å². The molecule has 0 unspecified atom stereocenters. The molecule has 0 fully saturated rings. The van der Waals surface area contributed by atoms with Crippen LogP contribution in [0.3, 0.4) is 0 Å². The molecule has 0 saturated heterocycles. The first-order chi connectivity index (χ1) is 9.55. The predicted octanol–water partition coefficient (Wildman–Crippen LogP) is 2.54. The molecule has 1 aliphatic rings. The molecule has 0 aromatic carbocycles. The minimum Gasteiger partial charge on any atom is 0 e. The zero-order chi connectivity index (χ0) is 16.2. The van der Waals surface area contributed by atoms with Gasteiger partial charge in [-0.2, -0.15) is 0 Å². The zero-order valence-corrected chi connectivity index (χ0v) is 18.2. The molecule has 3 N–H and O–H groups in total. The van der Waals surface area contributed by atoms with E-state index in [2.05, 4.69) is 6.08 Å². The molecule has 7 heteroatoms. The Balaban J connectivity index is -0.0000000973. The fraction of sp³-hybridized carbons (Fsp3) is 0.714. The summed E-state index contributed by atoms with van der Waals surface area (Å²) in [5.41, 5.74) is 0. The van der Waals surface area contributed by atoms with E-state index in [1.807, 2.05) is 20.8 Å². The molecule has 126 valence electrons. The van der Waals surface area contributed by atoms with Crippen LogP contribution in [0.5, 0.6) is 0 Å². The first-order valence-corrected chi connectivity index (χ1v) is 9.97. The Labute approximate surface area is 152 Å². The average Bonchev–Trinajstić information content (AvgIpc) is 3.02. The molecule has 0 radical (unpaired) electrons. The van der Waals surface area contributed by atoms with E-state index in [4.69, 9.17) is 15.3 Å². The van der Waals surface area contributed by atoms with Crippen molar-refractivity contribution >= 4 is 15.3 Å². The summed E-state index contributed by atoms with van der Waals surface area (Å²) in [5.74, 6) is 0. The van der Waals surface area contributed by atoms with Crippen LogP contribution in [0.15, 0.2) is 16.6 Å². The predicted molar refractivity (Wildman–Crippen MR) is 82.0 cm³/mol. The summed E-state index contributed by atoms with van der Waals surface area (Å²) in [6.07, 6.45) is 9.01. The number of aliphatic hydroxyl groups is 3. The monoisotopic (exact) mass is 447 g/mol. The maximum Gasteiger partial charge on any atom is 0 e. The Morgan fingerprint density at radius 3 is 1.43 bits per heavy atom. The summed E-state index contributed by atoms with van der Waals surface area (Å²) >= 11 is -3.91. The fourth-order valence-electron chi connectivity index (χ4n) is 0.571. The van der Waals surface area contributed by atoms with E-state index >= 15 is 0 Å². The Hall–Kier alpha value is 0.646. The molecule has 0 bridgehead atoms. The molecule has 3 nitrogen and oxygen atoms in total. The van der Waals surface area contributed by atoms with Crippen LogP contribution in [0.1, 0.15) is 46.5 Å². The Morgan fingerprint density at radius 2 is 1.33 bits per heavy atom. The summed E-state index contributed by atoms with van der Waals surface area (Å²) in [6.45, 7) is 6.75. The van der Waals surface area contributed by atoms with Crippen LogP contribution in [-0.4, -0.2) is 50.4 Å². The molecule has 0 heterocycles. The molecule has 21 heavy (non-hydrogen) atoms. The number of allylic oxidation sites excluding steroid dienone is 4. The maximum absolute atomic E-state index is 11.8. The van der Waals surface area contributed by atoms with Gasteiger partial charge in [0.15, 0.2) is 0 Å². The minimum atomic E-state index is -3.91. The van der Waals surface area contributed by atoms with Crippen molar-refractivity contribution in [1.29, 1.82) is 0 Å². The zero-order valence-electron chi connectivity index (χ0n) is 13.3. The van der Waals surface area contributed by atoms with Crippen LogP contribution in [-0.2, 0) is 26.2 Å². The van der Waals surface area contributed by atoms with Gasteiger partial charge in [0.1, 0.15) is 0 Å². The SMILES string of the molecule is CCCO.CCCO.CCCO.[F][GeH]([F])[C]1=[C-]CC=C1.[Zr]. The molecule has 0 aliphatic heterocycles. The number of rotatable bonds is 4. The third kappa shape index (κ3) is 33.5. The number of hydrogen-bond acceptors (Lipinski definition) is 3. The van der Waals surface area contributed by atoms with Gasteiger partial charge in [-0.3, -0.25) is 0 Å². The number of aliphatic hydroxyl groups excluding tert-OH is 3. The molecular formula is C14H29F2GeO3Zr-. The second-order valence-corrected chi connectivity index (χ2v) is 6.28. The number of halogens is 2. The van der Waals surface area contributed by atoms with Crippen molar-refractivity contribution in [3.05, 3.63) is 22.6 Å². The minimum absolute atomic E-state index is 0. The molecule has 0 saturated carbocycles. The van der Waals surface area contributed by atoms with E-state index in [-0.39, 0.29) is 30.6 Å². The summed E-state index contributed by atoms with van der Waals surface area (Å²) in [4.78, 5) is 0. The fourth-order valence-corrected chi connectivity index (χ4v) is 1.73. The molecule has 0 atom stereocenters. The van der Waals surface area contributed by atoms with E-state index in [0.717, 1.165) is 19.3 Å². The van der Waals surface area contributed by atoms with Gasteiger partial charge in [0, 0.05) is 46.0 Å². The molecule has 1 aliphatic carbocycles. The van der Waals surface area contributed by atoms with Crippen LogP contribution >= 0.6 is 0 Å². The van der Waals surface area contributed by atoms with Crippen molar-refractivity contribution < 1.29 is 48.5 Å². The molecule has 1 rings (SSSR count). The van der Waals surface area contributed by atoms with Crippen LogP contribution in [0.25, 0.3) is 0 Å². The topological polar surface area (TPSA) is 60.7 Å². The van der Waals surface area contributed by atoms with Crippen molar-refractivity contribution in [1.82, 2.24) is 0 Å². The molecule has 0 aromatic rings.